The molecule has 82 valence electrons. The van der Waals surface area contributed by atoms with Gasteiger partial charge in [-0.05, 0) is 39.5 Å². The van der Waals surface area contributed by atoms with E-state index in [-0.39, 0.29) is 0 Å². The van der Waals surface area contributed by atoms with Crippen molar-refractivity contribution in [2.24, 2.45) is 5.73 Å². The highest BCUT2D eigenvalue weighted by atomic mass is 15.2. The van der Waals surface area contributed by atoms with Gasteiger partial charge in [-0.15, -0.1) is 0 Å². The average Bonchev–Trinajstić information content (AvgIpc) is 2.52. The quantitative estimate of drug-likeness (QED) is 0.696. The molecule has 0 aromatic heterocycles. The van der Waals surface area contributed by atoms with Crippen molar-refractivity contribution in [3.63, 3.8) is 0 Å². The lowest BCUT2D eigenvalue weighted by Gasteiger charge is -2.46. The Morgan fingerprint density at radius 1 is 1.29 bits per heavy atom. The zero-order chi connectivity index (χ0) is 10.2. The molecule has 2 heteroatoms. The van der Waals surface area contributed by atoms with Gasteiger partial charge in [0.2, 0.25) is 0 Å². The van der Waals surface area contributed by atoms with E-state index in [2.05, 4.69) is 18.7 Å². The van der Waals surface area contributed by atoms with Crippen LogP contribution in [0.15, 0.2) is 0 Å². The first-order valence-electron chi connectivity index (χ1n) is 6.14. The van der Waals surface area contributed by atoms with Gasteiger partial charge in [0.05, 0.1) is 0 Å². The van der Waals surface area contributed by atoms with E-state index in [4.69, 9.17) is 5.73 Å². The maximum Gasteiger partial charge on any atom is 0.0184 e. The minimum absolute atomic E-state index is 0.450. The lowest BCUT2D eigenvalue weighted by molar-refractivity contribution is 0.0344. The number of rotatable bonds is 1. The summed E-state index contributed by atoms with van der Waals surface area (Å²) in [5.41, 5.74) is 6.50. The standard InChI is InChI=1S/C12H24N2/c1-10-9-11(13)5-8-14(10)12(2)6-3-4-7-12/h10-11H,3-9,13H2,1-2H3. The van der Waals surface area contributed by atoms with Crippen LogP contribution in [0.3, 0.4) is 0 Å². The van der Waals surface area contributed by atoms with Crippen LogP contribution in [-0.2, 0) is 0 Å². The molecule has 2 atom stereocenters. The highest BCUT2D eigenvalue weighted by Gasteiger charge is 2.39. The fraction of sp³-hybridized carbons (Fsp3) is 1.00. The maximum absolute atomic E-state index is 6.00. The van der Waals surface area contributed by atoms with Crippen molar-refractivity contribution in [1.29, 1.82) is 0 Å². The first-order valence-corrected chi connectivity index (χ1v) is 6.14. The Bertz CT molecular complexity index is 196. The van der Waals surface area contributed by atoms with Crippen LogP contribution in [0.4, 0.5) is 0 Å². The van der Waals surface area contributed by atoms with Crippen molar-refractivity contribution in [1.82, 2.24) is 4.90 Å². The van der Waals surface area contributed by atoms with E-state index >= 15 is 0 Å². The lowest BCUT2D eigenvalue weighted by Crippen LogP contribution is -2.55. The number of hydrogen-bond acceptors (Lipinski definition) is 2. The molecule has 1 heterocycles. The number of nitrogens with two attached hydrogens (primary N) is 1. The predicted molar refractivity (Wildman–Crippen MR) is 60.3 cm³/mol. The van der Waals surface area contributed by atoms with Gasteiger partial charge in [0, 0.05) is 24.2 Å². The van der Waals surface area contributed by atoms with E-state index in [0.29, 0.717) is 17.6 Å². The van der Waals surface area contributed by atoms with Crippen LogP contribution in [0, 0.1) is 0 Å². The van der Waals surface area contributed by atoms with Gasteiger partial charge < -0.3 is 5.73 Å². The van der Waals surface area contributed by atoms with Crippen molar-refractivity contribution in [3.05, 3.63) is 0 Å². The Hall–Kier alpha value is -0.0800. The van der Waals surface area contributed by atoms with Crippen LogP contribution >= 0.6 is 0 Å². The molecule has 2 unspecified atom stereocenters. The lowest BCUT2D eigenvalue weighted by atomic mass is 9.89. The minimum Gasteiger partial charge on any atom is -0.328 e. The molecule has 0 spiro atoms. The molecule has 0 aromatic rings. The highest BCUT2D eigenvalue weighted by molar-refractivity contribution is 4.96. The van der Waals surface area contributed by atoms with Gasteiger partial charge in [0.1, 0.15) is 0 Å². The molecule has 1 saturated heterocycles. The second-order valence-electron chi connectivity index (χ2n) is 5.53. The minimum atomic E-state index is 0.450. The molecular weight excluding hydrogens is 172 g/mol. The summed E-state index contributed by atoms with van der Waals surface area (Å²) in [6.07, 6.45) is 8.02. The zero-order valence-electron chi connectivity index (χ0n) is 9.63. The highest BCUT2D eigenvalue weighted by Crippen LogP contribution is 2.38. The second kappa shape index (κ2) is 3.82. The molecule has 2 nitrogen and oxygen atoms in total. The van der Waals surface area contributed by atoms with Crippen LogP contribution < -0.4 is 5.73 Å². The van der Waals surface area contributed by atoms with Crippen molar-refractivity contribution in [2.75, 3.05) is 6.54 Å². The van der Waals surface area contributed by atoms with E-state index < -0.39 is 0 Å². The largest absolute Gasteiger partial charge is 0.328 e. The molecule has 1 aliphatic carbocycles. The van der Waals surface area contributed by atoms with Gasteiger partial charge in [0.15, 0.2) is 0 Å². The Balaban J connectivity index is 2.02. The third-order valence-corrected chi connectivity index (χ3v) is 4.29. The van der Waals surface area contributed by atoms with E-state index in [9.17, 15) is 0 Å². The predicted octanol–water partition coefficient (Wildman–Crippen LogP) is 2.13. The number of likely N-dealkylation sites (tertiary alicyclic amines) is 1. The smallest absolute Gasteiger partial charge is 0.0184 e. The van der Waals surface area contributed by atoms with Gasteiger partial charge in [0.25, 0.3) is 0 Å². The molecule has 2 fully saturated rings. The van der Waals surface area contributed by atoms with Crippen LogP contribution in [0.1, 0.15) is 52.4 Å². The molecule has 2 N–H and O–H groups in total. The number of nitrogens with zero attached hydrogens (tertiary/aromatic N) is 1. The topological polar surface area (TPSA) is 29.3 Å². The number of hydrogen-bond donors (Lipinski definition) is 1. The summed E-state index contributed by atoms with van der Waals surface area (Å²) in [5.74, 6) is 0. The summed E-state index contributed by atoms with van der Waals surface area (Å²) < 4.78 is 0. The molecule has 0 amide bonds. The van der Waals surface area contributed by atoms with Gasteiger partial charge in [-0.25, -0.2) is 0 Å². The average molecular weight is 196 g/mol. The van der Waals surface area contributed by atoms with E-state index in [1.807, 2.05) is 0 Å². The zero-order valence-corrected chi connectivity index (χ0v) is 9.63. The first kappa shape index (κ1) is 10.4. The third-order valence-electron chi connectivity index (χ3n) is 4.29. The normalized spacial score (nSPS) is 38.8. The monoisotopic (exact) mass is 196 g/mol. The van der Waals surface area contributed by atoms with Crippen LogP contribution in [0.2, 0.25) is 0 Å². The summed E-state index contributed by atoms with van der Waals surface area (Å²) in [6.45, 7) is 6.02. The van der Waals surface area contributed by atoms with E-state index in [1.165, 1.54) is 45.1 Å². The Kier molecular flexibility index (Phi) is 2.85. The van der Waals surface area contributed by atoms with Gasteiger partial charge in [-0.2, -0.15) is 0 Å². The fourth-order valence-electron chi connectivity index (χ4n) is 3.43. The SMILES string of the molecule is CC1CC(N)CCN1C1(C)CCCC1. The van der Waals surface area contributed by atoms with E-state index in [1.54, 1.807) is 0 Å². The Morgan fingerprint density at radius 3 is 2.50 bits per heavy atom. The van der Waals surface area contributed by atoms with E-state index in [0.717, 1.165) is 0 Å². The number of piperidine rings is 1. The third kappa shape index (κ3) is 1.82. The van der Waals surface area contributed by atoms with Crippen LogP contribution in [0.25, 0.3) is 0 Å². The van der Waals surface area contributed by atoms with Gasteiger partial charge in [-0.3, -0.25) is 4.90 Å². The molecule has 1 saturated carbocycles. The van der Waals surface area contributed by atoms with Crippen LogP contribution in [0.5, 0.6) is 0 Å². The molecular formula is C12H24N2. The second-order valence-corrected chi connectivity index (χ2v) is 5.53. The van der Waals surface area contributed by atoms with Gasteiger partial charge in [-0.1, -0.05) is 12.8 Å². The fourth-order valence-corrected chi connectivity index (χ4v) is 3.43. The first-order chi connectivity index (χ1) is 6.62. The van der Waals surface area contributed by atoms with Crippen molar-refractivity contribution < 1.29 is 0 Å². The Labute approximate surface area is 87.8 Å². The van der Waals surface area contributed by atoms with Crippen LogP contribution in [-0.4, -0.2) is 29.1 Å². The van der Waals surface area contributed by atoms with Crippen molar-refractivity contribution >= 4 is 0 Å². The Morgan fingerprint density at radius 2 is 1.93 bits per heavy atom. The summed E-state index contributed by atoms with van der Waals surface area (Å²) in [4.78, 5) is 2.73. The maximum atomic E-state index is 6.00. The summed E-state index contributed by atoms with van der Waals surface area (Å²) >= 11 is 0. The summed E-state index contributed by atoms with van der Waals surface area (Å²) in [7, 11) is 0. The summed E-state index contributed by atoms with van der Waals surface area (Å²) in [6, 6.07) is 1.15. The molecule has 0 bridgehead atoms. The molecule has 1 aliphatic heterocycles. The molecule has 0 radical (unpaired) electrons. The van der Waals surface area contributed by atoms with Crippen molar-refractivity contribution in [2.45, 2.75) is 70.0 Å². The molecule has 2 aliphatic rings. The van der Waals surface area contributed by atoms with Gasteiger partial charge >= 0.3 is 0 Å². The summed E-state index contributed by atoms with van der Waals surface area (Å²) in [5, 5.41) is 0. The van der Waals surface area contributed by atoms with Crippen molar-refractivity contribution in [3.8, 4) is 0 Å². The molecule has 2 rings (SSSR count). The molecule has 0 aromatic carbocycles. The molecule has 14 heavy (non-hydrogen) atoms.